The number of anilines is 3. The molecule has 1 aliphatic heterocycles. The Morgan fingerprint density at radius 1 is 0.745 bits per heavy atom. The van der Waals surface area contributed by atoms with Gasteiger partial charge in [-0.3, -0.25) is 0 Å². The number of unbranched alkanes of at least 4 members (excludes halogenated alkanes) is 1. The molecular formula is C46H34IrN8-4. The largest absolute Gasteiger partial charge is 0.504 e. The van der Waals surface area contributed by atoms with Gasteiger partial charge in [0.05, 0.1) is 6.57 Å². The second-order valence-corrected chi connectivity index (χ2v) is 12.8. The van der Waals surface area contributed by atoms with Gasteiger partial charge in [0, 0.05) is 55.0 Å². The van der Waals surface area contributed by atoms with E-state index in [1.165, 1.54) is 11.4 Å². The van der Waals surface area contributed by atoms with Crippen molar-refractivity contribution >= 4 is 28.4 Å². The van der Waals surface area contributed by atoms with Gasteiger partial charge >= 0.3 is 0 Å². The predicted molar refractivity (Wildman–Crippen MR) is 212 cm³/mol. The molecule has 8 nitrogen and oxygen atoms in total. The van der Waals surface area contributed by atoms with Gasteiger partial charge in [-0.15, -0.1) is 29.4 Å². The Labute approximate surface area is 337 Å². The average molecular weight is 891 g/mol. The predicted octanol–water partition coefficient (Wildman–Crippen LogP) is 10.6. The first-order valence-electron chi connectivity index (χ1n) is 17.4. The molecule has 0 bridgehead atoms. The van der Waals surface area contributed by atoms with Crippen LogP contribution in [0.2, 0.25) is 0 Å². The summed E-state index contributed by atoms with van der Waals surface area (Å²) in [5.41, 5.74) is 11.6. The smallest absolute Gasteiger partial charge is 0.236 e. The minimum Gasteiger partial charge on any atom is -0.504 e. The van der Waals surface area contributed by atoms with Gasteiger partial charge in [-0.2, -0.15) is 41.8 Å². The molecule has 0 spiro atoms. The molecule has 3 heterocycles. The fraction of sp³-hybridized carbons (Fsp3) is 0.152. The Morgan fingerprint density at radius 2 is 1.38 bits per heavy atom. The number of aromatic nitrogens is 2. The van der Waals surface area contributed by atoms with Gasteiger partial charge < -0.3 is 19.8 Å². The first kappa shape index (κ1) is 39.6. The molecule has 0 amide bonds. The molecule has 6 aromatic rings. The van der Waals surface area contributed by atoms with Crippen LogP contribution in [-0.2, 0) is 32.9 Å². The number of pyridine rings is 2. The monoisotopic (exact) mass is 891 g/mol. The van der Waals surface area contributed by atoms with E-state index in [4.69, 9.17) is 28.4 Å². The second-order valence-electron chi connectivity index (χ2n) is 12.8. The van der Waals surface area contributed by atoms with Gasteiger partial charge in [-0.1, -0.05) is 53.1 Å². The molecule has 2 aromatic heterocycles. The Hall–Kier alpha value is -6.61. The van der Waals surface area contributed by atoms with Crippen molar-refractivity contribution in [2.24, 2.45) is 0 Å². The summed E-state index contributed by atoms with van der Waals surface area (Å²) >= 11 is 0. The average Bonchev–Trinajstić information content (AvgIpc) is 3.55. The molecule has 1 aliphatic rings. The summed E-state index contributed by atoms with van der Waals surface area (Å²) in [5, 5.41) is 18.7. The van der Waals surface area contributed by atoms with Gasteiger partial charge in [-0.25, -0.2) is 15.4 Å². The second kappa shape index (κ2) is 18.4. The van der Waals surface area contributed by atoms with E-state index >= 15 is 0 Å². The van der Waals surface area contributed by atoms with Crippen LogP contribution in [0.4, 0.5) is 28.4 Å². The van der Waals surface area contributed by atoms with Crippen molar-refractivity contribution in [2.45, 2.75) is 39.5 Å². The zero-order chi connectivity index (χ0) is 38.0. The molecule has 9 heteroatoms. The maximum atomic E-state index is 9.55. The van der Waals surface area contributed by atoms with Crippen LogP contribution >= 0.6 is 0 Å². The number of rotatable bonds is 8. The molecule has 0 fully saturated rings. The number of nitriles is 2. The molecular weight excluding hydrogens is 857 g/mol. The minimum absolute atomic E-state index is 0. The Balaban J connectivity index is 0.000000283. The number of hydrogen-bond acceptors (Lipinski definition) is 6. The topological polar surface area (TPSA) is 88.6 Å². The molecule has 0 unspecified atom stereocenters. The van der Waals surface area contributed by atoms with E-state index in [1.807, 2.05) is 44.2 Å². The molecule has 0 saturated heterocycles. The molecule has 55 heavy (non-hydrogen) atoms. The van der Waals surface area contributed by atoms with Crippen molar-refractivity contribution in [1.29, 1.82) is 10.5 Å². The number of fused-ring (bicyclic) bond motifs is 1. The molecule has 271 valence electrons. The van der Waals surface area contributed by atoms with Crippen molar-refractivity contribution in [1.82, 2.24) is 9.97 Å². The van der Waals surface area contributed by atoms with E-state index in [-0.39, 0.29) is 20.1 Å². The summed E-state index contributed by atoms with van der Waals surface area (Å²) < 4.78 is 0. The summed E-state index contributed by atoms with van der Waals surface area (Å²) in [4.78, 5) is 20.8. The third-order valence-electron chi connectivity index (χ3n) is 8.78. The number of para-hydroxylation sites is 3. The normalized spacial score (nSPS) is 11.1. The van der Waals surface area contributed by atoms with Crippen LogP contribution in [-0.4, -0.2) is 17.0 Å². The van der Waals surface area contributed by atoms with E-state index in [0.717, 1.165) is 53.9 Å². The van der Waals surface area contributed by atoms with Gasteiger partial charge in [0.1, 0.15) is 6.57 Å². The van der Waals surface area contributed by atoms with Crippen molar-refractivity contribution in [3.8, 4) is 34.7 Å². The van der Waals surface area contributed by atoms with Crippen LogP contribution < -0.4 is 9.80 Å². The Morgan fingerprint density at radius 3 is 1.98 bits per heavy atom. The van der Waals surface area contributed by atoms with Crippen molar-refractivity contribution in [3.63, 3.8) is 0 Å². The third kappa shape index (κ3) is 9.50. The van der Waals surface area contributed by atoms with Gasteiger partial charge in [-0.05, 0) is 99.4 Å². The fourth-order valence-corrected chi connectivity index (χ4v) is 6.29. The standard InChI is InChI=1S/C32H22N6.C14H12N2.Ir/c1-21-13-26(37-31(15-21)28-12-10-25(35-3)18-24(28)20-34)7-5-6-8-27-14-22(2)16-32(38-27)29-11-9-23(19-33)17-30(29)36-4;1-15-11-16(12-7-3-2-4-8-12)14-10-6-5-9-13(14)15;/h9-10,13-18H,5-8H2,1-2H3;2-7,9-11H,1H3;/q2*-2;. The third-order valence-corrected chi connectivity index (χ3v) is 8.78. The summed E-state index contributed by atoms with van der Waals surface area (Å²) in [7, 11) is 2.06. The quantitative estimate of drug-likeness (QED) is 0.112. The number of benzene rings is 4. The Bertz CT molecular complexity index is 2360. The van der Waals surface area contributed by atoms with E-state index in [2.05, 4.69) is 106 Å². The Kier molecular flexibility index (Phi) is 13.3. The first-order valence-corrected chi connectivity index (χ1v) is 17.4. The van der Waals surface area contributed by atoms with Gasteiger partial charge in [0.2, 0.25) is 5.69 Å². The molecule has 0 N–H and O–H groups in total. The molecule has 0 saturated carbocycles. The van der Waals surface area contributed by atoms with Crippen LogP contribution in [0.3, 0.4) is 0 Å². The summed E-state index contributed by atoms with van der Waals surface area (Å²) in [5.74, 6) is 0. The molecule has 0 aliphatic carbocycles. The SMILES string of the molecule is CN1[CH-]N(c2[c-]cccc2)c2ccccc21.[C-]#[N+]c1c[c-]c(-c2cc(C)cc(CCCCc3cc(C)cc(-c4[c-]cc(C#N)cc4[N+]#[C-])n3)n2)c(C#N)c1.[Ir]. The van der Waals surface area contributed by atoms with Crippen LogP contribution in [0.1, 0.15) is 46.5 Å². The summed E-state index contributed by atoms with van der Waals surface area (Å²) in [6.45, 7) is 20.7. The van der Waals surface area contributed by atoms with Crippen molar-refractivity contribution in [3.05, 3.63) is 178 Å². The summed E-state index contributed by atoms with van der Waals surface area (Å²) in [6.07, 6.45) is 3.37. The van der Waals surface area contributed by atoms with Crippen molar-refractivity contribution < 1.29 is 20.1 Å². The first-order chi connectivity index (χ1) is 26.3. The van der Waals surface area contributed by atoms with Crippen LogP contribution in [0.25, 0.3) is 32.2 Å². The maximum Gasteiger partial charge on any atom is 0.236 e. The van der Waals surface area contributed by atoms with E-state index in [1.54, 1.807) is 24.3 Å². The van der Waals surface area contributed by atoms with Crippen molar-refractivity contribution in [2.75, 3.05) is 16.8 Å². The van der Waals surface area contributed by atoms with E-state index < -0.39 is 0 Å². The number of nitrogens with zero attached hydrogens (tertiary/aromatic N) is 8. The minimum atomic E-state index is 0. The molecule has 4 aromatic carbocycles. The van der Waals surface area contributed by atoms with Crippen LogP contribution in [0.5, 0.6) is 0 Å². The van der Waals surface area contributed by atoms with Crippen LogP contribution in [0.15, 0.2) is 97.1 Å². The summed E-state index contributed by atoms with van der Waals surface area (Å²) in [6, 6.07) is 44.2. The van der Waals surface area contributed by atoms with Crippen LogP contribution in [0, 0.1) is 74.5 Å². The zero-order valence-electron chi connectivity index (χ0n) is 30.6. The van der Waals surface area contributed by atoms with Gasteiger partial charge in [0.25, 0.3) is 0 Å². The maximum absolute atomic E-state index is 9.55. The number of hydrogen-bond donors (Lipinski definition) is 0. The fourth-order valence-electron chi connectivity index (χ4n) is 6.29. The molecule has 0 atom stereocenters. The van der Waals surface area contributed by atoms with Gasteiger partial charge in [0.15, 0.2) is 5.69 Å². The van der Waals surface area contributed by atoms with E-state index in [9.17, 15) is 5.26 Å². The molecule has 1 radical (unpaired) electrons. The molecule has 7 rings (SSSR count). The number of aryl methyl sites for hydroxylation is 4. The van der Waals surface area contributed by atoms with E-state index in [0.29, 0.717) is 45.0 Å². The zero-order valence-corrected chi connectivity index (χ0v) is 32.9.